The van der Waals surface area contributed by atoms with Crippen molar-refractivity contribution in [3.8, 4) is 0 Å². The maximum Gasteiger partial charge on any atom is 0.120 e. The Labute approximate surface area is 158 Å². The van der Waals surface area contributed by atoms with E-state index in [-0.39, 0.29) is 24.8 Å². The van der Waals surface area contributed by atoms with E-state index in [4.69, 9.17) is 0 Å². The standard InChI is InChI=1S/C19H28N2O.2ClH/c1-21-11-8-16(3-2-12-22)19(14-21)18-5-4-15-6-9-20-10-7-17(15)13-18;;/h4-5,7,10,12-13,15-17,19-20H,2-3,6,8-9,11,14H2,1H3;2*1H. The van der Waals surface area contributed by atoms with E-state index in [9.17, 15) is 4.79 Å². The van der Waals surface area contributed by atoms with E-state index in [1.54, 1.807) is 0 Å². The Bertz CT molecular complexity index is 490. The molecule has 0 radical (unpaired) electrons. The number of aldehydes is 1. The van der Waals surface area contributed by atoms with Crippen molar-refractivity contribution in [1.82, 2.24) is 10.2 Å². The molecule has 4 unspecified atom stereocenters. The third kappa shape index (κ3) is 5.11. The van der Waals surface area contributed by atoms with E-state index < -0.39 is 0 Å². The van der Waals surface area contributed by atoms with Gasteiger partial charge < -0.3 is 15.0 Å². The predicted octanol–water partition coefficient (Wildman–Crippen LogP) is 3.61. The number of carbonyl (C=O) groups excluding carboxylic acids is 1. The van der Waals surface area contributed by atoms with Gasteiger partial charge in [0.25, 0.3) is 0 Å². The largest absolute Gasteiger partial charge is 0.391 e. The van der Waals surface area contributed by atoms with Gasteiger partial charge in [-0.05, 0) is 62.4 Å². The van der Waals surface area contributed by atoms with Crippen molar-refractivity contribution >= 4 is 31.1 Å². The second kappa shape index (κ2) is 10.3. The quantitative estimate of drug-likeness (QED) is 0.764. The molecule has 3 nitrogen and oxygen atoms in total. The highest BCUT2D eigenvalue weighted by Gasteiger charge is 2.31. The van der Waals surface area contributed by atoms with Crippen LogP contribution in [0, 0.1) is 23.7 Å². The summed E-state index contributed by atoms with van der Waals surface area (Å²) in [6.07, 6.45) is 17.0. The molecule has 1 aliphatic carbocycles. The average molecular weight is 373 g/mol. The van der Waals surface area contributed by atoms with Gasteiger partial charge >= 0.3 is 0 Å². The van der Waals surface area contributed by atoms with Crippen molar-refractivity contribution in [3.63, 3.8) is 0 Å². The summed E-state index contributed by atoms with van der Waals surface area (Å²) >= 11 is 0. The number of hydrogen-bond acceptors (Lipinski definition) is 3. The van der Waals surface area contributed by atoms with Crippen LogP contribution in [0.3, 0.4) is 0 Å². The zero-order valence-electron chi connectivity index (χ0n) is 14.4. The van der Waals surface area contributed by atoms with Crippen LogP contribution in [-0.2, 0) is 4.79 Å². The maximum absolute atomic E-state index is 10.8. The van der Waals surface area contributed by atoms with Gasteiger partial charge in [0.2, 0.25) is 0 Å². The van der Waals surface area contributed by atoms with Crippen LogP contribution in [0.25, 0.3) is 0 Å². The molecule has 4 atom stereocenters. The molecule has 0 bridgehead atoms. The van der Waals surface area contributed by atoms with Crippen molar-refractivity contribution in [2.45, 2.75) is 25.7 Å². The van der Waals surface area contributed by atoms with Crippen LogP contribution in [0.1, 0.15) is 25.7 Å². The molecule has 0 aromatic heterocycles. The second-order valence-electron chi connectivity index (χ2n) is 7.03. The first-order valence-corrected chi connectivity index (χ1v) is 8.70. The molecular weight excluding hydrogens is 343 g/mol. The number of rotatable bonds is 4. The fourth-order valence-electron chi connectivity index (χ4n) is 4.18. The Morgan fingerprint density at radius 2 is 2.12 bits per heavy atom. The summed E-state index contributed by atoms with van der Waals surface area (Å²) in [5, 5.41) is 3.35. The number of piperidine rings is 1. The van der Waals surface area contributed by atoms with E-state index in [1.807, 2.05) is 0 Å². The molecule has 1 fully saturated rings. The van der Waals surface area contributed by atoms with Gasteiger partial charge in [0.05, 0.1) is 0 Å². The first kappa shape index (κ1) is 21.3. The molecule has 3 aliphatic rings. The number of likely N-dealkylation sites (tertiary alicyclic amines) is 1. The van der Waals surface area contributed by atoms with Crippen molar-refractivity contribution in [1.29, 1.82) is 0 Å². The third-order valence-electron chi connectivity index (χ3n) is 5.52. The normalized spacial score (nSPS) is 32.3. The van der Waals surface area contributed by atoms with Gasteiger partial charge in [0.15, 0.2) is 0 Å². The molecule has 0 spiro atoms. The number of halogens is 2. The predicted molar refractivity (Wildman–Crippen MR) is 105 cm³/mol. The van der Waals surface area contributed by atoms with Gasteiger partial charge in [0, 0.05) is 25.4 Å². The molecule has 5 heteroatoms. The summed E-state index contributed by atoms with van der Waals surface area (Å²) in [5.74, 6) is 2.42. The van der Waals surface area contributed by atoms with Crippen molar-refractivity contribution in [2.24, 2.45) is 23.7 Å². The molecule has 0 aromatic rings. The Morgan fingerprint density at radius 1 is 1.29 bits per heavy atom. The molecule has 0 aromatic carbocycles. The minimum Gasteiger partial charge on any atom is -0.391 e. The summed E-state index contributed by atoms with van der Waals surface area (Å²) in [7, 11) is 2.22. The summed E-state index contributed by atoms with van der Waals surface area (Å²) in [5.41, 5.74) is 1.50. The second-order valence-corrected chi connectivity index (χ2v) is 7.03. The Balaban J connectivity index is 0.00000144. The molecule has 24 heavy (non-hydrogen) atoms. The van der Waals surface area contributed by atoms with Gasteiger partial charge in [-0.25, -0.2) is 0 Å². The highest BCUT2D eigenvalue weighted by molar-refractivity contribution is 5.85. The lowest BCUT2D eigenvalue weighted by Gasteiger charge is -2.39. The Kier molecular flexibility index (Phi) is 9.11. The zero-order chi connectivity index (χ0) is 15.4. The van der Waals surface area contributed by atoms with Crippen LogP contribution in [0.2, 0.25) is 0 Å². The molecule has 2 heterocycles. The van der Waals surface area contributed by atoms with Crippen molar-refractivity contribution in [2.75, 3.05) is 26.7 Å². The van der Waals surface area contributed by atoms with Crippen molar-refractivity contribution in [3.05, 3.63) is 36.1 Å². The lowest BCUT2D eigenvalue weighted by Crippen LogP contribution is -2.39. The van der Waals surface area contributed by atoms with Crippen molar-refractivity contribution < 1.29 is 4.79 Å². The molecule has 2 aliphatic heterocycles. The highest BCUT2D eigenvalue weighted by Crippen LogP contribution is 2.37. The summed E-state index contributed by atoms with van der Waals surface area (Å²) < 4.78 is 0. The first-order chi connectivity index (χ1) is 10.8. The average Bonchev–Trinajstić information content (AvgIpc) is 2.78. The Hall–Kier alpha value is -0.770. The molecule has 0 amide bonds. The molecule has 1 saturated heterocycles. The molecular formula is C19H30Cl2N2O. The molecule has 0 saturated carbocycles. The highest BCUT2D eigenvalue weighted by atomic mass is 35.5. The summed E-state index contributed by atoms with van der Waals surface area (Å²) in [4.78, 5) is 13.2. The molecule has 136 valence electrons. The molecule has 3 rings (SSSR count). The maximum atomic E-state index is 10.8. The summed E-state index contributed by atoms with van der Waals surface area (Å²) in [6.45, 7) is 3.35. The van der Waals surface area contributed by atoms with Crippen LogP contribution in [0.5, 0.6) is 0 Å². The van der Waals surface area contributed by atoms with Crippen LogP contribution in [0.4, 0.5) is 0 Å². The lowest BCUT2D eigenvalue weighted by molar-refractivity contribution is -0.108. The smallest absolute Gasteiger partial charge is 0.120 e. The van der Waals surface area contributed by atoms with Gasteiger partial charge in [-0.1, -0.05) is 24.3 Å². The topological polar surface area (TPSA) is 32.3 Å². The number of hydrogen-bond donors (Lipinski definition) is 1. The molecule has 1 N–H and O–H groups in total. The minimum absolute atomic E-state index is 0. The fraction of sp³-hybridized carbons (Fsp3) is 0.632. The van der Waals surface area contributed by atoms with Gasteiger partial charge in [-0.3, -0.25) is 0 Å². The zero-order valence-corrected chi connectivity index (χ0v) is 16.0. The van der Waals surface area contributed by atoms with Crippen LogP contribution >= 0.6 is 24.8 Å². The van der Waals surface area contributed by atoms with Crippen LogP contribution in [-0.4, -0.2) is 37.9 Å². The van der Waals surface area contributed by atoms with Gasteiger partial charge in [-0.15, -0.1) is 24.8 Å². The first-order valence-electron chi connectivity index (χ1n) is 8.70. The van der Waals surface area contributed by atoms with Crippen LogP contribution in [0.15, 0.2) is 36.1 Å². The van der Waals surface area contributed by atoms with E-state index in [2.05, 4.69) is 47.8 Å². The van der Waals surface area contributed by atoms with Gasteiger partial charge in [0.1, 0.15) is 6.29 Å². The monoisotopic (exact) mass is 372 g/mol. The number of fused-ring (bicyclic) bond motifs is 1. The van der Waals surface area contributed by atoms with Crippen LogP contribution < -0.4 is 5.32 Å². The third-order valence-corrected chi connectivity index (χ3v) is 5.52. The minimum atomic E-state index is 0. The summed E-state index contributed by atoms with van der Waals surface area (Å²) in [6, 6.07) is 0. The number of nitrogens with zero attached hydrogens (tertiary/aromatic N) is 1. The SMILES string of the molecule is CN1CCC(CCC=O)C(C2=CC3C=CNCCC3C=C2)C1.Cl.Cl. The van der Waals surface area contributed by atoms with E-state index in [0.717, 1.165) is 32.3 Å². The van der Waals surface area contributed by atoms with E-state index in [0.29, 0.717) is 30.1 Å². The van der Waals surface area contributed by atoms with E-state index >= 15 is 0 Å². The van der Waals surface area contributed by atoms with E-state index in [1.165, 1.54) is 18.4 Å². The number of nitrogens with one attached hydrogen (secondary N) is 1. The van der Waals surface area contributed by atoms with Gasteiger partial charge in [-0.2, -0.15) is 0 Å². The Morgan fingerprint density at radius 3 is 2.92 bits per heavy atom. The fourth-order valence-corrected chi connectivity index (χ4v) is 4.18. The lowest BCUT2D eigenvalue weighted by atomic mass is 9.74. The number of carbonyl (C=O) groups is 1. The number of allylic oxidation sites excluding steroid dienone is 4.